The maximum Gasteiger partial charge on any atom is 0.0679 e. The lowest BCUT2D eigenvalue weighted by Crippen LogP contribution is -2.65. The molecule has 0 aromatic rings. The third kappa shape index (κ3) is 0.722. The Morgan fingerprint density at radius 2 is 2.10 bits per heavy atom. The summed E-state index contributed by atoms with van der Waals surface area (Å²) in [5.74, 6) is 0.909. The molecule has 0 radical (unpaired) electrons. The topological polar surface area (TPSA) is 21.3 Å². The summed E-state index contributed by atoms with van der Waals surface area (Å²) in [6.07, 6.45) is 4.24. The van der Waals surface area contributed by atoms with Gasteiger partial charge in [-0.3, -0.25) is 0 Å². The predicted molar refractivity (Wildman–Crippen MR) is 40.0 cm³/mol. The van der Waals surface area contributed by atoms with Crippen LogP contribution in [0.2, 0.25) is 0 Å². The molecule has 0 amide bonds. The molecule has 0 bridgehead atoms. The van der Waals surface area contributed by atoms with Crippen LogP contribution in [0.1, 0.15) is 19.3 Å². The van der Waals surface area contributed by atoms with Gasteiger partial charge in [-0.2, -0.15) is 0 Å². The maximum atomic E-state index is 5.22. The van der Waals surface area contributed by atoms with Crippen molar-refractivity contribution in [1.29, 1.82) is 0 Å². The van der Waals surface area contributed by atoms with Crippen molar-refractivity contribution >= 4 is 0 Å². The average molecular weight is 141 g/mol. The van der Waals surface area contributed by atoms with E-state index in [1.54, 1.807) is 0 Å². The largest absolute Gasteiger partial charge is 0.377 e. The highest BCUT2D eigenvalue weighted by molar-refractivity contribution is 5.01. The van der Waals surface area contributed by atoms with E-state index in [0.29, 0.717) is 5.54 Å². The zero-order valence-corrected chi connectivity index (χ0v) is 6.52. The van der Waals surface area contributed by atoms with E-state index in [2.05, 4.69) is 12.4 Å². The summed E-state index contributed by atoms with van der Waals surface area (Å²) >= 11 is 0. The number of nitrogens with one attached hydrogen (secondary N) is 1. The van der Waals surface area contributed by atoms with Crippen LogP contribution in [-0.4, -0.2) is 25.8 Å². The van der Waals surface area contributed by atoms with Gasteiger partial charge in [-0.25, -0.2) is 0 Å². The number of likely N-dealkylation sites (N-methyl/N-ethyl adjacent to an activating group) is 1. The molecule has 58 valence electrons. The molecule has 2 aliphatic rings. The van der Waals surface area contributed by atoms with Crippen molar-refractivity contribution < 1.29 is 4.74 Å². The smallest absolute Gasteiger partial charge is 0.0679 e. The molecular formula is C8H15NO. The highest BCUT2D eigenvalue weighted by Gasteiger charge is 2.46. The van der Waals surface area contributed by atoms with Crippen molar-refractivity contribution in [3.05, 3.63) is 0 Å². The lowest BCUT2D eigenvalue weighted by atomic mass is 9.69. The van der Waals surface area contributed by atoms with Gasteiger partial charge in [0, 0.05) is 0 Å². The molecule has 10 heavy (non-hydrogen) atoms. The molecule has 0 spiro atoms. The molecule has 0 atom stereocenters. The Kier molecular flexibility index (Phi) is 1.46. The van der Waals surface area contributed by atoms with Gasteiger partial charge in [0.05, 0.1) is 18.8 Å². The minimum atomic E-state index is 0.387. The minimum Gasteiger partial charge on any atom is -0.377 e. The Hall–Kier alpha value is -0.0800. The summed E-state index contributed by atoms with van der Waals surface area (Å²) in [4.78, 5) is 0. The molecule has 1 saturated heterocycles. The van der Waals surface area contributed by atoms with Crippen molar-refractivity contribution in [1.82, 2.24) is 5.32 Å². The summed E-state index contributed by atoms with van der Waals surface area (Å²) in [6, 6.07) is 0. The van der Waals surface area contributed by atoms with Crippen molar-refractivity contribution in [2.75, 3.05) is 20.3 Å². The van der Waals surface area contributed by atoms with Crippen LogP contribution < -0.4 is 5.32 Å². The van der Waals surface area contributed by atoms with Gasteiger partial charge >= 0.3 is 0 Å². The van der Waals surface area contributed by atoms with E-state index in [0.717, 1.165) is 19.1 Å². The summed E-state index contributed by atoms with van der Waals surface area (Å²) in [7, 11) is 2.06. The Balaban J connectivity index is 1.96. The predicted octanol–water partition coefficient (Wildman–Crippen LogP) is 0.775. The van der Waals surface area contributed by atoms with E-state index in [1.165, 1.54) is 19.3 Å². The van der Waals surface area contributed by atoms with Gasteiger partial charge in [-0.15, -0.1) is 0 Å². The van der Waals surface area contributed by atoms with Crippen LogP contribution in [-0.2, 0) is 4.74 Å². The van der Waals surface area contributed by atoms with E-state index in [-0.39, 0.29) is 0 Å². The van der Waals surface area contributed by atoms with Crippen molar-refractivity contribution in [2.24, 2.45) is 5.92 Å². The third-order valence-electron chi connectivity index (χ3n) is 3.10. The third-order valence-corrected chi connectivity index (χ3v) is 3.10. The monoisotopic (exact) mass is 141 g/mol. The molecule has 2 rings (SSSR count). The first kappa shape index (κ1) is 6.62. The van der Waals surface area contributed by atoms with Crippen molar-refractivity contribution in [3.63, 3.8) is 0 Å². The molecule has 0 aromatic carbocycles. The van der Waals surface area contributed by atoms with Crippen LogP contribution in [0, 0.1) is 5.92 Å². The average Bonchev–Trinajstić information content (AvgIpc) is 1.73. The summed E-state index contributed by atoms with van der Waals surface area (Å²) in [5.41, 5.74) is 0.387. The molecule has 1 aliphatic carbocycles. The van der Waals surface area contributed by atoms with E-state index in [9.17, 15) is 0 Å². The van der Waals surface area contributed by atoms with Crippen LogP contribution in [0.4, 0.5) is 0 Å². The molecule has 1 heterocycles. The molecule has 0 aromatic heterocycles. The SMILES string of the molecule is CNC1(C2CCC2)COC1. The minimum absolute atomic E-state index is 0.387. The lowest BCUT2D eigenvalue weighted by molar-refractivity contribution is -0.117. The van der Waals surface area contributed by atoms with Crippen LogP contribution in [0.5, 0.6) is 0 Å². The molecule has 1 N–H and O–H groups in total. The maximum absolute atomic E-state index is 5.22. The first-order valence-electron chi connectivity index (χ1n) is 4.14. The lowest BCUT2D eigenvalue weighted by Gasteiger charge is -2.50. The van der Waals surface area contributed by atoms with Gasteiger partial charge in [-0.05, 0) is 25.8 Å². The number of rotatable bonds is 2. The molecule has 1 aliphatic heterocycles. The second-order valence-corrected chi connectivity index (χ2v) is 3.53. The Morgan fingerprint density at radius 1 is 1.40 bits per heavy atom. The Labute approximate surface area is 61.9 Å². The standard InChI is InChI=1S/C8H15NO/c1-9-8(5-10-6-8)7-3-2-4-7/h7,9H,2-6H2,1H3. The number of hydrogen-bond donors (Lipinski definition) is 1. The van der Waals surface area contributed by atoms with Crippen LogP contribution in [0.3, 0.4) is 0 Å². The van der Waals surface area contributed by atoms with Crippen LogP contribution >= 0.6 is 0 Å². The Bertz CT molecular complexity index is 122. The Morgan fingerprint density at radius 3 is 2.20 bits per heavy atom. The van der Waals surface area contributed by atoms with Crippen molar-refractivity contribution in [3.8, 4) is 0 Å². The van der Waals surface area contributed by atoms with E-state index in [1.807, 2.05) is 0 Å². The highest BCUT2D eigenvalue weighted by atomic mass is 16.5. The van der Waals surface area contributed by atoms with Gasteiger partial charge in [0.25, 0.3) is 0 Å². The molecule has 2 heteroatoms. The zero-order chi connectivity index (χ0) is 7.03. The quantitative estimate of drug-likeness (QED) is 0.613. The molecule has 2 fully saturated rings. The van der Waals surface area contributed by atoms with Gasteiger partial charge < -0.3 is 10.1 Å². The van der Waals surface area contributed by atoms with E-state index in [4.69, 9.17) is 4.74 Å². The fourth-order valence-electron chi connectivity index (χ4n) is 1.87. The second kappa shape index (κ2) is 2.21. The van der Waals surface area contributed by atoms with Crippen molar-refractivity contribution in [2.45, 2.75) is 24.8 Å². The van der Waals surface area contributed by atoms with Crippen LogP contribution in [0.25, 0.3) is 0 Å². The first-order chi connectivity index (χ1) is 4.87. The molecule has 2 nitrogen and oxygen atoms in total. The van der Waals surface area contributed by atoms with Gasteiger partial charge in [0.1, 0.15) is 0 Å². The second-order valence-electron chi connectivity index (χ2n) is 3.53. The van der Waals surface area contributed by atoms with Gasteiger partial charge in [0.15, 0.2) is 0 Å². The fourth-order valence-corrected chi connectivity index (χ4v) is 1.87. The highest BCUT2D eigenvalue weighted by Crippen LogP contribution is 2.39. The summed E-state index contributed by atoms with van der Waals surface area (Å²) < 4.78 is 5.22. The van der Waals surface area contributed by atoms with E-state index < -0.39 is 0 Å². The normalized spacial score (nSPS) is 30.9. The molecular weight excluding hydrogens is 126 g/mol. The summed E-state index contributed by atoms with van der Waals surface area (Å²) in [5, 5.41) is 3.39. The zero-order valence-electron chi connectivity index (χ0n) is 6.52. The number of hydrogen-bond acceptors (Lipinski definition) is 2. The van der Waals surface area contributed by atoms with E-state index >= 15 is 0 Å². The first-order valence-corrected chi connectivity index (χ1v) is 4.14. The van der Waals surface area contributed by atoms with Gasteiger partial charge in [-0.1, -0.05) is 6.42 Å². The van der Waals surface area contributed by atoms with Crippen LogP contribution in [0.15, 0.2) is 0 Å². The fraction of sp³-hybridized carbons (Fsp3) is 1.00. The molecule has 1 saturated carbocycles. The van der Waals surface area contributed by atoms with Gasteiger partial charge in [0.2, 0.25) is 0 Å². The summed E-state index contributed by atoms with van der Waals surface area (Å²) in [6.45, 7) is 1.88. The number of ether oxygens (including phenoxy) is 1. The molecule has 0 unspecified atom stereocenters.